The fourth-order valence-electron chi connectivity index (χ4n) is 3.66. The molecule has 0 aromatic heterocycles. The quantitative estimate of drug-likeness (QED) is 0.560. The summed E-state index contributed by atoms with van der Waals surface area (Å²) in [7, 11) is 5.29. The minimum atomic E-state index is 0.00924. The summed E-state index contributed by atoms with van der Waals surface area (Å²) < 4.78 is 0. The lowest BCUT2D eigenvalue weighted by atomic mass is 9.64. The van der Waals surface area contributed by atoms with Crippen LogP contribution in [-0.2, 0) is 12.0 Å². The van der Waals surface area contributed by atoms with Gasteiger partial charge in [0, 0.05) is 50.2 Å². The van der Waals surface area contributed by atoms with Crippen LogP contribution < -0.4 is 10.6 Å². The first-order chi connectivity index (χ1) is 13.9. The van der Waals surface area contributed by atoms with Crippen LogP contribution in [0.3, 0.4) is 0 Å². The fraction of sp³-hybridized carbons (Fsp3) is 0.391. The van der Waals surface area contributed by atoms with Crippen molar-refractivity contribution >= 4 is 23.5 Å². The maximum absolute atomic E-state index is 12.0. The SMILES string of the molecule is CN=C(NCc1ccc(C(=O)N(C)C)cc1)NCC1(c2ccc(Cl)cc2)CCC1. The third-order valence-corrected chi connectivity index (χ3v) is 5.90. The van der Waals surface area contributed by atoms with Gasteiger partial charge in [-0.1, -0.05) is 42.3 Å². The zero-order valence-electron chi connectivity index (χ0n) is 17.3. The van der Waals surface area contributed by atoms with E-state index in [2.05, 4.69) is 27.8 Å². The maximum Gasteiger partial charge on any atom is 0.253 e. The summed E-state index contributed by atoms with van der Waals surface area (Å²) in [6.07, 6.45) is 3.58. The Bertz CT molecular complexity index is 855. The molecular weight excluding hydrogens is 384 g/mol. The van der Waals surface area contributed by atoms with Crippen LogP contribution in [0.4, 0.5) is 0 Å². The molecule has 2 aromatic carbocycles. The first-order valence-electron chi connectivity index (χ1n) is 9.95. The second kappa shape index (κ2) is 9.31. The van der Waals surface area contributed by atoms with Gasteiger partial charge in [-0.25, -0.2) is 0 Å². The highest BCUT2D eigenvalue weighted by Gasteiger charge is 2.38. The van der Waals surface area contributed by atoms with Gasteiger partial charge in [0.2, 0.25) is 0 Å². The number of nitrogens with one attached hydrogen (secondary N) is 2. The lowest BCUT2D eigenvalue weighted by molar-refractivity contribution is 0.0827. The van der Waals surface area contributed by atoms with Gasteiger partial charge in [-0.2, -0.15) is 0 Å². The summed E-state index contributed by atoms with van der Waals surface area (Å²) in [6.45, 7) is 1.48. The molecule has 3 rings (SSSR count). The van der Waals surface area contributed by atoms with Crippen molar-refractivity contribution in [3.63, 3.8) is 0 Å². The summed E-state index contributed by atoms with van der Waals surface area (Å²) >= 11 is 6.05. The van der Waals surface area contributed by atoms with E-state index in [-0.39, 0.29) is 11.3 Å². The van der Waals surface area contributed by atoms with E-state index in [4.69, 9.17) is 11.6 Å². The number of aliphatic imine (C=N–C) groups is 1. The Balaban J connectivity index is 1.55. The topological polar surface area (TPSA) is 56.7 Å². The molecule has 2 aromatic rings. The number of carbonyl (C=O) groups excluding carboxylic acids is 1. The normalized spacial score (nSPS) is 15.4. The smallest absolute Gasteiger partial charge is 0.253 e. The van der Waals surface area contributed by atoms with Gasteiger partial charge < -0.3 is 15.5 Å². The van der Waals surface area contributed by atoms with Crippen LogP contribution in [0.25, 0.3) is 0 Å². The largest absolute Gasteiger partial charge is 0.356 e. The van der Waals surface area contributed by atoms with E-state index in [0.717, 1.165) is 23.1 Å². The van der Waals surface area contributed by atoms with Crippen LogP contribution in [-0.4, -0.2) is 44.5 Å². The molecule has 0 unspecified atom stereocenters. The van der Waals surface area contributed by atoms with Crippen LogP contribution in [0, 0.1) is 0 Å². The zero-order chi connectivity index (χ0) is 20.9. The summed E-state index contributed by atoms with van der Waals surface area (Å²) in [5.41, 5.74) is 3.27. The van der Waals surface area contributed by atoms with Crippen molar-refractivity contribution in [3.8, 4) is 0 Å². The Morgan fingerprint density at radius 1 is 1.07 bits per heavy atom. The number of amides is 1. The number of guanidine groups is 1. The van der Waals surface area contributed by atoms with Crippen molar-refractivity contribution in [1.82, 2.24) is 15.5 Å². The van der Waals surface area contributed by atoms with E-state index in [1.165, 1.54) is 24.8 Å². The van der Waals surface area contributed by atoms with Crippen molar-refractivity contribution in [3.05, 3.63) is 70.2 Å². The van der Waals surface area contributed by atoms with Gasteiger partial charge in [0.25, 0.3) is 5.91 Å². The van der Waals surface area contributed by atoms with Gasteiger partial charge in [0.1, 0.15) is 0 Å². The van der Waals surface area contributed by atoms with Crippen molar-refractivity contribution in [1.29, 1.82) is 0 Å². The molecule has 0 saturated heterocycles. The van der Waals surface area contributed by atoms with Crippen LogP contribution in [0.15, 0.2) is 53.5 Å². The van der Waals surface area contributed by atoms with Gasteiger partial charge in [-0.05, 0) is 48.2 Å². The summed E-state index contributed by atoms with van der Waals surface area (Å²) in [4.78, 5) is 17.9. The highest BCUT2D eigenvalue weighted by Crippen LogP contribution is 2.43. The van der Waals surface area contributed by atoms with Gasteiger partial charge in [-0.15, -0.1) is 0 Å². The number of benzene rings is 2. The molecule has 6 heteroatoms. The average molecular weight is 413 g/mol. The van der Waals surface area contributed by atoms with E-state index in [1.807, 2.05) is 36.4 Å². The van der Waals surface area contributed by atoms with E-state index in [1.54, 1.807) is 26.0 Å². The maximum atomic E-state index is 12.0. The number of hydrogen-bond donors (Lipinski definition) is 2. The molecule has 0 aliphatic heterocycles. The molecule has 29 heavy (non-hydrogen) atoms. The van der Waals surface area contributed by atoms with E-state index < -0.39 is 0 Å². The number of halogens is 1. The Hall–Kier alpha value is -2.53. The van der Waals surface area contributed by atoms with Crippen molar-refractivity contribution in [2.45, 2.75) is 31.2 Å². The number of nitrogens with zero attached hydrogens (tertiary/aromatic N) is 2. The van der Waals surface area contributed by atoms with Gasteiger partial charge in [0.05, 0.1) is 0 Å². The summed E-state index contributed by atoms with van der Waals surface area (Å²) in [6, 6.07) is 15.9. The molecular formula is C23H29ClN4O. The van der Waals surface area contributed by atoms with Gasteiger partial charge in [-0.3, -0.25) is 9.79 Å². The monoisotopic (exact) mass is 412 g/mol. The molecule has 1 aliphatic carbocycles. The fourth-order valence-corrected chi connectivity index (χ4v) is 3.78. The summed E-state index contributed by atoms with van der Waals surface area (Å²) in [5.74, 6) is 0.786. The first kappa shape index (κ1) is 21.2. The molecule has 0 bridgehead atoms. The predicted molar refractivity (Wildman–Crippen MR) is 120 cm³/mol. The first-order valence-corrected chi connectivity index (χ1v) is 10.3. The van der Waals surface area contributed by atoms with Crippen molar-refractivity contribution in [2.75, 3.05) is 27.7 Å². The average Bonchev–Trinajstić information content (AvgIpc) is 2.70. The number of rotatable bonds is 6. The second-order valence-corrected chi connectivity index (χ2v) is 8.25. The molecule has 1 saturated carbocycles. The van der Waals surface area contributed by atoms with Crippen LogP contribution in [0.1, 0.15) is 40.7 Å². The van der Waals surface area contributed by atoms with E-state index in [0.29, 0.717) is 12.1 Å². The van der Waals surface area contributed by atoms with E-state index >= 15 is 0 Å². The predicted octanol–water partition coefficient (Wildman–Crippen LogP) is 3.83. The third-order valence-electron chi connectivity index (χ3n) is 5.65. The third kappa shape index (κ3) is 5.10. The van der Waals surface area contributed by atoms with Crippen LogP contribution >= 0.6 is 11.6 Å². The molecule has 1 fully saturated rings. The minimum absolute atomic E-state index is 0.00924. The lowest BCUT2D eigenvalue weighted by Gasteiger charge is -2.43. The molecule has 5 nitrogen and oxygen atoms in total. The zero-order valence-corrected chi connectivity index (χ0v) is 18.1. The Morgan fingerprint density at radius 3 is 2.24 bits per heavy atom. The van der Waals surface area contributed by atoms with Crippen LogP contribution in [0.5, 0.6) is 0 Å². The molecule has 0 spiro atoms. The van der Waals surface area contributed by atoms with Gasteiger partial charge >= 0.3 is 0 Å². The second-order valence-electron chi connectivity index (χ2n) is 7.82. The molecule has 1 amide bonds. The van der Waals surface area contributed by atoms with Crippen LogP contribution in [0.2, 0.25) is 5.02 Å². The molecule has 1 aliphatic rings. The van der Waals surface area contributed by atoms with Crippen molar-refractivity contribution < 1.29 is 4.79 Å². The molecule has 0 atom stereocenters. The molecule has 0 radical (unpaired) electrons. The van der Waals surface area contributed by atoms with Gasteiger partial charge in [0.15, 0.2) is 5.96 Å². The highest BCUT2D eigenvalue weighted by atomic mass is 35.5. The minimum Gasteiger partial charge on any atom is -0.356 e. The lowest BCUT2D eigenvalue weighted by Crippen LogP contribution is -2.48. The highest BCUT2D eigenvalue weighted by molar-refractivity contribution is 6.30. The Labute approximate surface area is 178 Å². The summed E-state index contributed by atoms with van der Waals surface area (Å²) in [5, 5.41) is 7.62. The standard InChI is InChI=1S/C23H29ClN4O/c1-25-22(26-15-17-5-7-18(8-6-17)21(29)28(2)3)27-16-23(13-4-14-23)19-9-11-20(24)12-10-19/h5-12H,4,13-16H2,1-3H3,(H2,25,26,27). The van der Waals surface area contributed by atoms with Crippen molar-refractivity contribution in [2.24, 2.45) is 4.99 Å². The van der Waals surface area contributed by atoms with E-state index in [9.17, 15) is 4.79 Å². The molecule has 0 heterocycles. The molecule has 154 valence electrons. The number of carbonyl (C=O) groups is 1. The Kier molecular flexibility index (Phi) is 6.80. The molecule has 2 N–H and O–H groups in total. The number of hydrogen-bond acceptors (Lipinski definition) is 2. The Morgan fingerprint density at radius 2 is 1.72 bits per heavy atom.